The maximum atomic E-state index is 11.8. The predicted molar refractivity (Wildman–Crippen MR) is 93.6 cm³/mol. The third kappa shape index (κ3) is 4.50. The summed E-state index contributed by atoms with van der Waals surface area (Å²) in [6, 6.07) is 7.23. The van der Waals surface area contributed by atoms with Crippen molar-refractivity contribution in [3.05, 3.63) is 45.7 Å². The Kier molecular flexibility index (Phi) is 5.90. The quantitative estimate of drug-likeness (QED) is 0.473. The van der Waals surface area contributed by atoms with E-state index in [1.807, 2.05) is 12.1 Å². The van der Waals surface area contributed by atoms with Gasteiger partial charge in [-0.05, 0) is 18.6 Å². The highest BCUT2D eigenvalue weighted by molar-refractivity contribution is 7.98. The molecule has 0 aliphatic heterocycles. The van der Waals surface area contributed by atoms with Crippen molar-refractivity contribution in [1.29, 1.82) is 0 Å². The number of hydrogen-bond donors (Lipinski definition) is 1. The molecule has 0 fully saturated rings. The van der Waals surface area contributed by atoms with E-state index in [4.69, 9.17) is 20.9 Å². The minimum absolute atomic E-state index is 0.247. The first-order chi connectivity index (χ1) is 12.2. The highest BCUT2D eigenvalue weighted by Crippen LogP contribution is 2.23. The van der Waals surface area contributed by atoms with Crippen molar-refractivity contribution in [2.75, 3.05) is 13.7 Å². The molecule has 8 nitrogen and oxygen atoms in total. The van der Waals surface area contributed by atoms with E-state index in [1.54, 1.807) is 23.8 Å². The summed E-state index contributed by atoms with van der Waals surface area (Å²) in [4.78, 5) is 16.1. The lowest BCUT2D eigenvalue weighted by molar-refractivity contribution is 0.189. The monoisotopic (exact) mass is 381 g/mol. The highest BCUT2D eigenvalue weighted by atomic mass is 35.5. The summed E-state index contributed by atoms with van der Waals surface area (Å²) in [6.07, 6.45) is 0.725. The fraction of sp³-hybridized carbons (Fsp3) is 0.333. The third-order valence-electron chi connectivity index (χ3n) is 3.33. The second kappa shape index (κ2) is 8.32. The number of H-pyrrole nitrogens is 1. The number of thioether (sulfide) groups is 1. The maximum absolute atomic E-state index is 11.8. The molecule has 2 aromatic heterocycles. The Morgan fingerprint density at radius 1 is 1.44 bits per heavy atom. The van der Waals surface area contributed by atoms with Crippen LogP contribution in [-0.4, -0.2) is 38.6 Å². The number of hydrogen-bond acceptors (Lipinski definition) is 7. The van der Waals surface area contributed by atoms with Gasteiger partial charge in [0.1, 0.15) is 0 Å². The van der Waals surface area contributed by atoms with E-state index in [0.29, 0.717) is 40.8 Å². The molecule has 25 heavy (non-hydrogen) atoms. The second-order valence-corrected chi connectivity index (χ2v) is 6.50. The molecular weight excluding hydrogens is 366 g/mol. The van der Waals surface area contributed by atoms with Gasteiger partial charge in [0, 0.05) is 30.8 Å². The molecule has 0 bridgehead atoms. The van der Waals surface area contributed by atoms with Crippen LogP contribution in [0, 0.1) is 0 Å². The maximum Gasteiger partial charge on any atom is 0.343 e. The lowest BCUT2D eigenvalue weighted by atomic mass is 10.2. The molecule has 0 saturated heterocycles. The van der Waals surface area contributed by atoms with Crippen molar-refractivity contribution in [3.8, 4) is 11.4 Å². The smallest absolute Gasteiger partial charge is 0.343 e. The molecule has 1 N–H and O–H groups in total. The molecular formula is C15H16ClN5O3S. The number of nitrogens with one attached hydrogen (secondary N) is 1. The van der Waals surface area contributed by atoms with Crippen molar-refractivity contribution in [3.63, 3.8) is 0 Å². The molecule has 3 rings (SSSR count). The Labute approximate surface area is 152 Å². The van der Waals surface area contributed by atoms with Crippen molar-refractivity contribution in [2.24, 2.45) is 0 Å². The molecule has 132 valence electrons. The molecule has 0 aliphatic rings. The molecule has 2 heterocycles. The molecule has 3 aromatic rings. The van der Waals surface area contributed by atoms with Gasteiger partial charge in [-0.15, -0.1) is 5.10 Å². The van der Waals surface area contributed by atoms with Crippen LogP contribution in [0.1, 0.15) is 12.3 Å². The van der Waals surface area contributed by atoms with Crippen LogP contribution >= 0.6 is 23.4 Å². The average Bonchev–Trinajstić information content (AvgIpc) is 3.21. The van der Waals surface area contributed by atoms with Gasteiger partial charge in [-0.3, -0.25) is 4.57 Å². The first-order valence-corrected chi connectivity index (χ1v) is 8.89. The Balaban J connectivity index is 1.66. The number of rotatable bonds is 8. The van der Waals surface area contributed by atoms with Gasteiger partial charge in [0.25, 0.3) is 0 Å². The summed E-state index contributed by atoms with van der Waals surface area (Å²) in [5.74, 6) is 1.32. The molecule has 0 unspecified atom stereocenters. The summed E-state index contributed by atoms with van der Waals surface area (Å²) in [7, 11) is 1.63. The van der Waals surface area contributed by atoms with Crippen LogP contribution in [0.4, 0.5) is 0 Å². The second-order valence-electron chi connectivity index (χ2n) is 5.12. The normalized spacial score (nSPS) is 11.1. The number of halogens is 1. The number of methoxy groups -OCH3 is 1. The number of ether oxygens (including phenoxy) is 1. The molecule has 0 atom stereocenters. The lowest BCUT2D eigenvalue weighted by Gasteiger charge is -2.03. The van der Waals surface area contributed by atoms with Gasteiger partial charge in [-0.2, -0.15) is 4.98 Å². The van der Waals surface area contributed by atoms with E-state index in [2.05, 4.69) is 20.3 Å². The minimum atomic E-state index is -0.247. The largest absolute Gasteiger partial charge is 0.385 e. The topological polar surface area (TPSA) is 98.8 Å². The van der Waals surface area contributed by atoms with Crippen molar-refractivity contribution in [2.45, 2.75) is 23.9 Å². The van der Waals surface area contributed by atoms with E-state index in [0.717, 1.165) is 12.0 Å². The van der Waals surface area contributed by atoms with Gasteiger partial charge in [0.05, 0.1) is 5.75 Å². The lowest BCUT2D eigenvalue weighted by Crippen LogP contribution is -2.18. The molecule has 0 aliphatic carbocycles. The standard InChI is InChI=1S/C15H16ClN5O3S/c1-23-7-3-6-21-14(22)18-19-15(21)25-9-12-17-13(20-24-12)10-4-2-5-11(16)8-10/h2,4-5,8H,3,6-7,9H2,1H3,(H,18,22). The molecule has 0 spiro atoms. The number of aromatic amines is 1. The zero-order chi connectivity index (χ0) is 17.6. The van der Waals surface area contributed by atoms with Crippen molar-refractivity contribution in [1.82, 2.24) is 24.9 Å². The fourth-order valence-corrected chi connectivity index (χ4v) is 3.16. The van der Waals surface area contributed by atoms with Crippen LogP contribution in [0.2, 0.25) is 5.02 Å². The molecule has 0 amide bonds. The average molecular weight is 382 g/mol. The summed E-state index contributed by atoms with van der Waals surface area (Å²) in [5, 5.41) is 11.6. The Bertz CT molecular complexity index is 891. The van der Waals surface area contributed by atoms with E-state index in [9.17, 15) is 4.79 Å². The SMILES string of the molecule is COCCCn1c(SCc2nc(-c3cccc(Cl)c3)no2)n[nH]c1=O. The van der Waals surface area contributed by atoms with Crippen LogP contribution < -0.4 is 5.69 Å². The number of benzene rings is 1. The summed E-state index contributed by atoms with van der Waals surface area (Å²) in [5.41, 5.74) is 0.535. The van der Waals surface area contributed by atoms with E-state index in [-0.39, 0.29) is 5.69 Å². The molecule has 10 heteroatoms. The van der Waals surface area contributed by atoms with E-state index in [1.165, 1.54) is 11.8 Å². The zero-order valence-electron chi connectivity index (χ0n) is 13.4. The number of nitrogens with zero attached hydrogens (tertiary/aromatic N) is 4. The Hall–Kier alpha value is -2.10. The summed E-state index contributed by atoms with van der Waals surface area (Å²) in [6.45, 7) is 1.11. The minimum Gasteiger partial charge on any atom is -0.385 e. The van der Waals surface area contributed by atoms with Gasteiger partial charge in [-0.1, -0.05) is 40.7 Å². The van der Waals surface area contributed by atoms with Crippen LogP contribution in [-0.2, 0) is 17.0 Å². The van der Waals surface area contributed by atoms with Gasteiger partial charge in [-0.25, -0.2) is 9.89 Å². The van der Waals surface area contributed by atoms with Gasteiger partial charge < -0.3 is 9.26 Å². The van der Waals surface area contributed by atoms with Crippen LogP contribution in [0.3, 0.4) is 0 Å². The van der Waals surface area contributed by atoms with Crippen molar-refractivity contribution < 1.29 is 9.26 Å². The first kappa shape index (κ1) is 17.7. The van der Waals surface area contributed by atoms with Gasteiger partial charge in [0.2, 0.25) is 11.7 Å². The summed E-state index contributed by atoms with van der Waals surface area (Å²) >= 11 is 7.32. The first-order valence-electron chi connectivity index (χ1n) is 7.53. The number of aromatic nitrogens is 5. The molecule has 1 aromatic carbocycles. The van der Waals surface area contributed by atoms with Crippen LogP contribution in [0.15, 0.2) is 38.7 Å². The molecule has 0 saturated carbocycles. The van der Waals surface area contributed by atoms with E-state index < -0.39 is 0 Å². The summed E-state index contributed by atoms with van der Waals surface area (Å²) < 4.78 is 11.8. The van der Waals surface area contributed by atoms with Crippen molar-refractivity contribution >= 4 is 23.4 Å². The highest BCUT2D eigenvalue weighted by Gasteiger charge is 2.13. The predicted octanol–water partition coefficient (Wildman–Crippen LogP) is 2.60. The van der Waals surface area contributed by atoms with E-state index >= 15 is 0 Å². The Morgan fingerprint density at radius 2 is 2.32 bits per heavy atom. The van der Waals surface area contributed by atoms with Crippen LogP contribution in [0.5, 0.6) is 0 Å². The fourth-order valence-electron chi connectivity index (χ4n) is 2.16. The molecule has 0 radical (unpaired) electrons. The zero-order valence-corrected chi connectivity index (χ0v) is 15.0. The third-order valence-corrected chi connectivity index (χ3v) is 4.53. The van der Waals surface area contributed by atoms with Gasteiger partial charge in [0.15, 0.2) is 5.16 Å². The van der Waals surface area contributed by atoms with Crippen LogP contribution in [0.25, 0.3) is 11.4 Å². The van der Waals surface area contributed by atoms with Gasteiger partial charge >= 0.3 is 5.69 Å². The Morgan fingerprint density at radius 3 is 3.12 bits per heavy atom.